The number of carbonyl (C=O) groups is 2. The van der Waals surface area contributed by atoms with Crippen LogP contribution in [0.4, 0.5) is 0 Å². The van der Waals surface area contributed by atoms with Gasteiger partial charge in [-0.05, 0) is 0 Å². The molecule has 1 fully saturated rings. The van der Waals surface area contributed by atoms with Gasteiger partial charge in [0, 0.05) is 25.5 Å². The first-order valence-corrected chi connectivity index (χ1v) is 5.00. The Hall–Kier alpha value is -0.810. The highest BCUT2D eigenvalue weighted by molar-refractivity contribution is 6.35. The summed E-state index contributed by atoms with van der Waals surface area (Å²) in [6.07, 6.45) is 0. The van der Waals surface area contributed by atoms with E-state index in [9.17, 15) is 9.59 Å². The number of carbonyl (C=O) groups excluding carboxylic acids is 2. The maximum Gasteiger partial charge on any atom is 0.312 e. The summed E-state index contributed by atoms with van der Waals surface area (Å²) in [7, 11) is 0. The van der Waals surface area contributed by atoms with Crippen LogP contribution in [0, 0.1) is 0 Å². The molecule has 1 saturated heterocycles. The van der Waals surface area contributed by atoms with Crippen LogP contribution < -0.4 is 5.32 Å². The summed E-state index contributed by atoms with van der Waals surface area (Å²) in [6, 6.07) is 0. The summed E-state index contributed by atoms with van der Waals surface area (Å²) in [5, 5.41) is 2.43. The standard InChI is InChI=1S/C8H13ClN2O3/c9-1-2-10-7(12)8(13)11-3-5-14-6-4-11/h1-6H2,(H,10,12). The van der Waals surface area contributed by atoms with Gasteiger partial charge in [0.15, 0.2) is 0 Å². The zero-order valence-corrected chi connectivity index (χ0v) is 8.55. The van der Waals surface area contributed by atoms with Gasteiger partial charge in [0.2, 0.25) is 0 Å². The predicted octanol–water partition coefficient (Wildman–Crippen LogP) is -0.800. The fraction of sp³-hybridized carbons (Fsp3) is 0.750. The molecule has 0 saturated carbocycles. The van der Waals surface area contributed by atoms with Crippen LogP contribution in [0.5, 0.6) is 0 Å². The van der Waals surface area contributed by atoms with Crippen LogP contribution in [0.3, 0.4) is 0 Å². The molecule has 1 heterocycles. The smallest absolute Gasteiger partial charge is 0.312 e. The average Bonchev–Trinajstić information content (AvgIpc) is 2.26. The minimum atomic E-state index is -0.590. The number of nitrogens with zero attached hydrogens (tertiary/aromatic N) is 1. The van der Waals surface area contributed by atoms with Gasteiger partial charge in [0.25, 0.3) is 0 Å². The lowest BCUT2D eigenvalue weighted by Crippen LogP contribution is -2.48. The van der Waals surface area contributed by atoms with Crippen LogP contribution in [-0.2, 0) is 14.3 Å². The molecule has 1 rings (SSSR count). The summed E-state index contributed by atoms with van der Waals surface area (Å²) in [5.74, 6) is -0.784. The lowest BCUT2D eigenvalue weighted by molar-refractivity contribution is -0.148. The first-order chi connectivity index (χ1) is 6.75. The third kappa shape index (κ3) is 3.16. The molecule has 1 aliphatic rings. The van der Waals surface area contributed by atoms with Crippen molar-refractivity contribution in [2.24, 2.45) is 0 Å². The summed E-state index contributed by atoms with van der Waals surface area (Å²) in [5.41, 5.74) is 0. The van der Waals surface area contributed by atoms with E-state index < -0.39 is 11.8 Å². The maximum absolute atomic E-state index is 11.4. The van der Waals surface area contributed by atoms with E-state index in [0.717, 1.165) is 0 Å². The minimum Gasteiger partial charge on any atom is -0.378 e. The Morgan fingerprint density at radius 2 is 2.00 bits per heavy atom. The maximum atomic E-state index is 11.4. The van der Waals surface area contributed by atoms with Crippen molar-refractivity contribution in [3.63, 3.8) is 0 Å². The van der Waals surface area contributed by atoms with E-state index in [1.54, 1.807) is 0 Å². The molecule has 1 aliphatic heterocycles. The number of halogens is 1. The Morgan fingerprint density at radius 1 is 1.36 bits per heavy atom. The highest BCUT2D eigenvalue weighted by atomic mass is 35.5. The average molecular weight is 221 g/mol. The Labute approximate surface area is 87.3 Å². The number of hydrogen-bond acceptors (Lipinski definition) is 3. The molecule has 6 heteroatoms. The molecule has 5 nitrogen and oxygen atoms in total. The van der Waals surface area contributed by atoms with Crippen LogP contribution >= 0.6 is 11.6 Å². The molecule has 0 atom stereocenters. The van der Waals surface area contributed by atoms with E-state index in [2.05, 4.69) is 5.32 Å². The van der Waals surface area contributed by atoms with Crippen molar-refractivity contribution in [2.75, 3.05) is 38.7 Å². The van der Waals surface area contributed by atoms with Gasteiger partial charge >= 0.3 is 11.8 Å². The Morgan fingerprint density at radius 3 is 2.57 bits per heavy atom. The molecule has 0 aromatic heterocycles. The summed E-state index contributed by atoms with van der Waals surface area (Å²) in [6.45, 7) is 2.26. The van der Waals surface area contributed by atoms with Gasteiger partial charge in [-0.1, -0.05) is 0 Å². The number of amides is 2. The lowest BCUT2D eigenvalue weighted by Gasteiger charge is -2.25. The van der Waals surface area contributed by atoms with Crippen LogP contribution in [-0.4, -0.2) is 55.4 Å². The monoisotopic (exact) mass is 220 g/mol. The molecule has 0 aromatic carbocycles. The fourth-order valence-corrected chi connectivity index (χ4v) is 1.24. The van der Waals surface area contributed by atoms with E-state index in [1.807, 2.05) is 0 Å². The van der Waals surface area contributed by atoms with Crippen molar-refractivity contribution in [3.8, 4) is 0 Å². The van der Waals surface area contributed by atoms with Gasteiger partial charge in [-0.15, -0.1) is 11.6 Å². The molecule has 0 bridgehead atoms. The highest BCUT2D eigenvalue weighted by Crippen LogP contribution is 1.97. The second kappa shape index (κ2) is 5.82. The zero-order chi connectivity index (χ0) is 10.4. The molecular weight excluding hydrogens is 208 g/mol. The predicted molar refractivity (Wildman–Crippen MR) is 51.1 cm³/mol. The number of morpholine rings is 1. The van der Waals surface area contributed by atoms with Crippen molar-refractivity contribution < 1.29 is 14.3 Å². The van der Waals surface area contributed by atoms with Gasteiger partial charge in [-0.3, -0.25) is 9.59 Å². The van der Waals surface area contributed by atoms with E-state index in [-0.39, 0.29) is 0 Å². The van der Waals surface area contributed by atoms with Crippen LogP contribution in [0.15, 0.2) is 0 Å². The Balaban J connectivity index is 2.34. The van der Waals surface area contributed by atoms with Crippen LogP contribution in [0.2, 0.25) is 0 Å². The van der Waals surface area contributed by atoms with Crippen LogP contribution in [0.1, 0.15) is 0 Å². The SMILES string of the molecule is O=C(NCCCl)C(=O)N1CCOCC1. The Bertz CT molecular complexity index is 217. The second-order valence-electron chi connectivity index (χ2n) is 2.85. The van der Waals surface area contributed by atoms with Crippen molar-refractivity contribution in [2.45, 2.75) is 0 Å². The van der Waals surface area contributed by atoms with Gasteiger partial charge in [-0.2, -0.15) is 0 Å². The van der Waals surface area contributed by atoms with Gasteiger partial charge < -0.3 is 15.0 Å². The summed E-state index contributed by atoms with van der Waals surface area (Å²) in [4.78, 5) is 24.1. The van der Waals surface area contributed by atoms with Crippen molar-refractivity contribution >= 4 is 23.4 Å². The number of hydrogen-bond donors (Lipinski definition) is 1. The highest BCUT2D eigenvalue weighted by Gasteiger charge is 2.22. The van der Waals surface area contributed by atoms with Crippen LogP contribution in [0.25, 0.3) is 0 Å². The molecule has 2 amide bonds. The first kappa shape index (κ1) is 11.3. The normalized spacial score (nSPS) is 16.5. The number of ether oxygens (including phenoxy) is 1. The van der Waals surface area contributed by atoms with E-state index in [0.29, 0.717) is 38.7 Å². The number of nitrogens with one attached hydrogen (secondary N) is 1. The molecule has 0 radical (unpaired) electrons. The molecule has 14 heavy (non-hydrogen) atoms. The first-order valence-electron chi connectivity index (χ1n) is 4.46. The van der Waals surface area contributed by atoms with E-state index in [1.165, 1.54) is 4.90 Å². The van der Waals surface area contributed by atoms with Gasteiger partial charge in [-0.25, -0.2) is 0 Å². The fourth-order valence-electron chi connectivity index (χ4n) is 1.15. The quantitative estimate of drug-likeness (QED) is 0.490. The molecule has 80 valence electrons. The van der Waals surface area contributed by atoms with Crippen molar-refractivity contribution in [3.05, 3.63) is 0 Å². The zero-order valence-electron chi connectivity index (χ0n) is 7.79. The molecule has 0 aromatic rings. The molecular formula is C8H13ClN2O3. The molecule has 0 spiro atoms. The number of rotatable bonds is 2. The summed E-state index contributed by atoms with van der Waals surface area (Å²) >= 11 is 5.38. The Kier molecular flexibility index (Phi) is 4.69. The minimum absolute atomic E-state index is 0.308. The van der Waals surface area contributed by atoms with E-state index in [4.69, 9.17) is 16.3 Å². The van der Waals surface area contributed by atoms with Gasteiger partial charge in [0.05, 0.1) is 13.2 Å². The largest absolute Gasteiger partial charge is 0.378 e. The number of alkyl halides is 1. The summed E-state index contributed by atoms with van der Waals surface area (Å²) < 4.78 is 5.06. The third-order valence-corrected chi connectivity index (χ3v) is 2.06. The van der Waals surface area contributed by atoms with Crippen molar-refractivity contribution in [1.29, 1.82) is 0 Å². The van der Waals surface area contributed by atoms with E-state index >= 15 is 0 Å². The third-order valence-electron chi connectivity index (χ3n) is 1.87. The topological polar surface area (TPSA) is 58.6 Å². The lowest BCUT2D eigenvalue weighted by atomic mass is 10.4. The van der Waals surface area contributed by atoms with Gasteiger partial charge in [0.1, 0.15) is 0 Å². The molecule has 0 unspecified atom stereocenters. The van der Waals surface area contributed by atoms with Crippen molar-refractivity contribution in [1.82, 2.24) is 10.2 Å². The molecule has 0 aliphatic carbocycles. The molecule has 1 N–H and O–H groups in total. The second-order valence-corrected chi connectivity index (χ2v) is 3.23.